The van der Waals surface area contributed by atoms with Gasteiger partial charge in [-0.2, -0.15) is 4.98 Å². The zero-order chi connectivity index (χ0) is 18.8. The van der Waals surface area contributed by atoms with E-state index < -0.39 is 0 Å². The number of imidazole rings is 1. The van der Waals surface area contributed by atoms with E-state index in [4.69, 9.17) is 21.3 Å². The lowest BCUT2D eigenvalue weighted by molar-refractivity contribution is 0.323. The summed E-state index contributed by atoms with van der Waals surface area (Å²) in [6, 6.07) is 15.0. The fourth-order valence-corrected chi connectivity index (χ4v) is 3.09. The van der Waals surface area contributed by atoms with Crippen LogP contribution < -0.4 is 10.4 Å². The number of fused-ring (bicyclic) bond motifs is 1. The molecule has 4 aromatic rings. The van der Waals surface area contributed by atoms with Crippen molar-refractivity contribution in [3.63, 3.8) is 0 Å². The first kappa shape index (κ1) is 17.3. The lowest BCUT2D eigenvalue weighted by Gasteiger charge is -2.09. The highest BCUT2D eigenvalue weighted by Crippen LogP contribution is 2.26. The summed E-state index contributed by atoms with van der Waals surface area (Å²) >= 11 is 6.02. The number of pyridine rings is 1. The van der Waals surface area contributed by atoms with E-state index >= 15 is 0 Å². The molecule has 0 aliphatic heterocycles. The Labute approximate surface area is 160 Å². The number of hydrogen-bond donors (Lipinski definition) is 0. The number of aromatic nitrogens is 4. The number of rotatable bonds is 5. The summed E-state index contributed by atoms with van der Waals surface area (Å²) in [5.41, 5.74) is 3.07. The molecule has 0 saturated heterocycles. The standard InChI is InChI=1S/C20H17ClN4O2/c1-2-27-18-10-12-24(20(26)23-18)13-16-19(14-6-8-15(21)9-7-14)22-17-5-3-4-11-25(16)17/h3-12H,2,13H2,1H3. The molecule has 4 rings (SSSR count). The third-order valence-electron chi connectivity index (χ3n) is 4.21. The van der Waals surface area contributed by atoms with Crippen LogP contribution in [0.2, 0.25) is 5.02 Å². The molecule has 3 heterocycles. The van der Waals surface area contributed by atoms with Gasteiger partial charge < -0.3 is 9.14 Å². The molecule has 0 aliphatic rings. The predicted molar refractivity (Wildman–Crippen MR) is 104 cm³/mol. The number of nitrogens with zero attached hydrogens (tertiary/aromatic N) is 4. The van der Waals surface area contributed by atoms with E-state index in [9.17, 15) is 4.79 Å². The summed E-state index contributed by atoms with van der Waals surface area (Å²) < 4.78 is 8.82. The molecule has 0 fully saturated rings. The zero-order valence-electron chi connectivity index (χ0n) is 14.7. The Bertz CT molecular complexity index is 1150. The molecule has 0 radical (unpaired) electrons. The SMILES string of the molecule is CCOc1ccn(Cc2c(-c3ccc(Cl)cc3)nc3ccccn23)c(=O)n1. The summed E-state index contributed by atoms with van der Waals surface area (Å²) in [6.07, 6.45) is 3.62. The van der Waals surface area contributed by atoms with Crippen LogP contribution in [0.5, 0.6) is 5.88 Å². The van der Waals surface area contributed by atoms with Gasteiger partial charge in [-0.1, -0.05) is 29.8 Å². The summed E-state index contributed by atoms with van der Waals surface area (Å²) in [5, 5.41) is 0.663. The molecule has 27 heavy (non-hydrogen) atoms. The molecule has 0 amide bonds. The minimum Gasteiger partial charge on any atom is -0.478 e. The molecule has 0 atom stereocenters. The van der Waals surface area contributed by atoms with Crippen molar-refractivity contribution >= 4 is 17.2 Å². The molecule has 0 spiro atoms. The Hall–Kier alpha value is -3.12. The Morgan fingerprint density at radius 2 is 1.85 bits per heavy atom. The topological polar surface area (TPSA) is 61.4 Å². The second kappa shape index (κ2) is 7.25. The third-order valence-corrected chi connectivity index (χ3v) is 4.46. The molecular formula is C20H17ClN4O2. The molecule has 1 aromatic carbocycles. The maximum absolute atomic E-state index is 12.4. The van der Waals surface area contributed by atoms with Crippen molar-refractivity contribution in [3.8, 4) is 17.1 Å². The first-order chi connectivity index (χ1) is 13.2. The van der Waals surface area contributed by atoms with Gasteiger partial charge in [0.15, 0.2) is 0 Å². The van der Waals surface area contributed by atoms with Gasteiger partial charge in [0.2, 0.25) is 5.88 Å². The quantitative estimate of drug-likeness (QED) is 0.530. The van der Waals surface area contributed by atoms with Crippen molar-refractivity contribution in [2.24, 2.45) is 0 Å². The molecule has 3 aromatic heterocycles. The first-order valence-electron chi connectivity index (χ1n) is 8.58. The van der Waals surface area contributed by atoms with Crippen LogP contribution in [0.4, 0.5) is 0 Å². The van der Waals surface area contributed by atoms with E-state index in [1.54, 1.807) is 16.8 Å². The molecule has 0 N–H and O–H groups in total. The first-order valence-corrected chi connectivity index (χ1v) is 8.95. The molecular weight excluding hydrogens is 364 g/mol. The fraction of sp³-hybridized carbons (Fsp3) is 0.150. The van der Waals surface area contributed by atoms with E-state index in [1.165, 1.54) is 0 Å². The van der Waals surface area contributed by atoms with E-state index in [0.29, 0.717) is 24.1 Å². The number of ether oxygens (including phenoxy) is 1. The summed E-state index contributed by atoms with van der Waals surface area (Å²) in [7, 11) is 0. The van der Waals surface area contributed by atoms with Crippen molar-refractivity contribution in [1.29, 1.82) is 0 Å². The van der Waals surface area contributed by atoms with E-state index in [-0.39, 0.29) is 5.69 Å². The van der Waals surface area contributed by atoms with Gasteiger partial charge in [-0.15, -0.1) is 0 Å². The smallest absolute Gasteiger partial charge is 0.351 e. The van der Waals surface area contributed by atoms with Crippen LogP contribution in [0, 0.1) is 0 Å². The Morgan fingerprint density at radius 3 is 2.59 bits per heavy atom. The Kier molecular flexibility index (Phi) is 4.64. The second-order valence-corrected chi connectivity index (χ2v) is 6.39. The van der Waals surface area contributed by atoms with Crippen LogP contribution in [-0.2, 0) is 6.54 Å². The highest BCUT2D eigenvalue weighted by atomic mass is 35.5. The monoisotopic (exact) mass is 380 g/mol. The van der Waals surface area contributed by atoms with E-state index in [1.807, 2.05) is 60.0 Å². The van der Waals surface area contributed by atoms with Crippen molar-refractivity contribution in [3.05, 3.63) is 82.1 Å². The molecule has 6 nitrogen and oxygen atoms in total. The van der Waals surface area contributed by atoms with Crippen molar-refractivity contribution in [2.45, 2.75) is 13.5 Å². The Balaban J connectivity index is 1.82. The second-order valence-electron chi connectivity index (χ2n) is 5.95. The summed E-state index contributed by atoms with van der Waals surface area (Å²) in [4.78, 5) is 21.1. The fourth-order valence-electron chi connectivity index (χ4n) is 2.96. The highest BCUT2D eigenvalue weighted by molar-refractivity contribution is 6.30. The average Bonchev–Trinajstić information content (AvgIpc) is 3.03. The molecule has 0 bridgehead atoms. The van der Waals surface area contributed by atoms with E-state index in [2.05, 4.69) is 4.98 Å². The van der Waals surface area contributed by atoms with Gasteiger partial charge >= 0.3 is 5.69 Å². The maximum Gasteiger partial charge on any atom is 0.351 e. The average molecular weight is 381 g/mol. The van der Waals surface area contributed by atoms with Gasteiger partial charge in [0.05, 0.1) is 24.5 Å². The minimum atomic E-state index is -0.367. The van der Waals surface area contributed by atoms with Crippen molar-refractivity contribution in [1.82, 2.24) is 18.9 Å². The molecule has 0 unspecified atom stereocenters. The third kappa shape index (κ3) is 3.44. The highest BCUT2D eigenvalue weighted by Gasteiger charge is 2.15. The van der Waals surface area contributed by atoms with Gasteiger partial charge in [-0.25, -0.2) is 9.78 Å². The lowest BCUT2D eigenvalue weighted by Crippen LogP contribution is -2.24. The largest absolute Gasteiger partial charge is 0.478 e. The maximum atomic E-state index is 12.4. The lowest BCUT2D eigenvalue weighted by atomic mass is 10.1. The number of benzene rings is 1. The van der Waals surface area contributed by atoms with Gasteiger partial charge in [0.1, 0.15) is 5.65 Å². The van der Waals surface area contributed by atoms with Crippen LogP contribution in [0.25, 0.3) is 16.9 Å². The van der Waals surface area contributed by atoms with Crippen LogP contribution >= 0.6 is 11.6 Å². The van der Waals surface area contributed by atoms with Crippen molar-refractivity contribution < 1.29 is 4.74 Å². The summed E-state index contributed by atoms with van der Waals surface area (Å²) in [6.45, 7) is 2.65. The van der Waals surface area contributed by atoms with Crippen LogP contribution in [0.1, 0.15) is 12.6 Å². The van der Waals surface area contributed by atoms with Gasteiger partial charge in [0.25, 0.3) is 0 Å². The van der Waals surface area contributed by atoms with Gasteiger partial charge in [-0.05, 0) is 31.2 Å². The van der Waals surface area contributed by atoms with Crippen LogP contribution in [-0.4, -0.2) is 25.5 Å². The van der Waals surface area contributed by atoms with E-state index in [0.717, 1.165) is 22.6 Å². The molecule has 0 aliphatic carbocycles. The Morgan fingerprint density at radius 1 is 1.04 bits per heavy atom. The molecule has 0 saturated carbocycles. The number of halogens is 1. The van der Waals surface area contributed by atoms with Crippen molar-refractivity contribution in [2.75, 3.05) is 6.61 Å². The number of hydrogen-bond acceptors (Lipinski definition) is 4. The predicted octanol–water partition coefficient (Wildman–Crippen LogP) is 3.66. The normalized spacial score (nSPS) is 11.0. The van der Waals surface area contributed by atoms with Crippen LogP contribution in [0.15, 0.2) is 65.7 Å². The molecule has 7 heteroatoms. The van der Waals surface area contributed by atoms with Gasteiger partial charge in [-0.3, -0.25) is 4.57 Å². The zero-order valence-corrected chi connectivity index (χ0v) is 15.4. The minimum absolute atomic E-state index is 0.329. The van der Waals surface area contributed by atoms with Crippen LogP contribution in [0.3, 0.4) is 0 Å². The molecule has 136 valence electrons. The summed E-state index contributed by atoms with van der Waals surface area (Å²) in [5.74, 6) is 0.329. The van der Waals surface area contributed by atoms with Gasteiger partial charge in [0, 0.05) is 29.0 Å².